The van der Waals surface area contributed by atoms with E-state index in [1.165, 1.54) is 4.90 Å². The van der Waals surface area contributed by atoms with Crippen molar-refractivity contribution < 1.29 is 14.3 Å². The lowest BCUT2D eigenvalue weighted by atomic mass is 10.0. The molecule has 0 aliphatic carbocycles. The number of amides is 2. The Hall–Kier alpha value is -2.68. The summed E-state index contributed by atoms with van der Waals surface area (Å²) in [4.78, 5) is 17.3. The summed E-state index contributed by atoms with van der Waals surface area (Å²) in [5.41, 5.74) is 6.61. The molecule has 1 aliphatic heterocycles. The number of ether oxygens (including phenoxy) is 2. The van der Waals surface area contributed by atoms with Gasteiger partial charge in [-0.15, -0.1) is 6.42 Å². The maximum atomic E-state index is 12.0. The Labute approximate surface area is 123 Å². The van der Waals surface area contributed by atoms with E-state index in [-0.39, 0.29) is 5.84 Å². The zero-order valence-corrected chi connectivity index (χ0v) is 12.2. The zero-order valence-electron chi connectivity index (χ0n) is 12.2. The number of carbonyl (C=O) groups excluding carboxylic acids is 1. The van der Waals surface area contributed by atoms with Gasteiger partial charge in [-0.3, -0.25) is 4.90 Å². The number of methoxy groups -OCH3 is 2. The molecule has 1 heterocycles. The highest BCUT2D eigenvalue weighted by molar-refractivity contribution is 6.04. The number of nitrogens with two attached hydrogens (primary N) is 1. The predicted octanol–water partition coefficient (Wildman–Crippen LogP) is 1.56. The summed E-state index contributed by atoms with van der Waals surface area (Å²) in [5, 5.41) is 0. The van der Waals surface area contributed by atoms with Crippen molar-refractivity contribution in [2.24, 2.45) is 10.7 Å². The lowest BCUT2D eigenvalue weighted by molar-refractivity contribution is 0.198. The summed E-state index contributed by atoms with van der Waals surface area (Å²) < 4.78 is 10.6. The second kappa shape index (κ2) is 5.75. The first-order chi connectivity index (χ1) is 10.0. The summed E-state index contributed by atoms with van der Waals surface area (Å²) in [7, 11) is 3.11. The van der Waals surface area contributed by atoms with Gasteiger partial charge in [-0.2, -0.15) is 4.99 Å². The summed E-state index contributed by atoms with van der Waals surface area (Å²) in [6.45, 7) is 1.74. The highest BCUT2D eigenvalue weighted by atomic mass is 16.5. The second-order valence-electron chi connectivity index (χ2n) is 4.58. The van der Waals surface area contributed by atoms with E-state index in [0.29, 0.717) is 17.1 Å². The van der Waals surface area contributed by atoms with Crippen LogP contribution < -0.4 is 15.2 Å². The van der Waals surface area contributed by atoms with E-state index < -0.39 is 18.1 Å². The maximum Gasteiger partial charge on any atom is 0.347 e. The monoisotopic (exact) mass is 287 g/mol. The lowest BCUT2D eigenvalue weighted by Gasteiger charge is -2.28. The fraction of sp³-hybridized carbons (Fsp3) is 0.333. The van der Waals surface area contributed by atoms with Crippen molar-refractivity contribution in [3.63, 3.8) is 0 Å². The number of amidine groups is 1. The first kappa shape index (κ1) is 14.7. The van der Waals surface area contributed by atoms with Gasteiger partial charge in [0.1, 0.15) is 23.4 Å². The molecule has 1 aliphatic rings. The third-order valence-corrected chi connectivity index (χ3v) is 3.39. The van der Waals surface area contributed by atoms with Crippen LogP contribution in [0.3, 0.4) is 0 Å². The molecule has 0 radical (unpaired) electrons. The molecule has 110 valence electrons. The molecule has 6 nitrogen and oxygen atoms in total. The van der Waals surface area contributed by atoms with E-state index in [1.54, 1.807) is 39.3 Å². The summed E-state index contributed by atoms with van der Waals surface area (Å²) >= 11 is 0. The molecular weight excluding hydrogens is 270 g/mol. The van der Waals surface area contributed by atoms with Gasteiger partial charge in [-0.1, -0.05) is 5.92 Å². The standard InChI is InChI=1S/C15H17N3O3/c1-5-9(2)18-13(14(16)17-15(18)19)11-8-10(20-3)6-7-12(11)21-4/h1,6-9,13H,2-4H3,(H2,16,17,19). The lowest BCUT2D eigenvalue weighted by Crippen LogP contribution is -2.39. The van der Waals surface area contributed by atoms with Crippen molar-refractivity contribution in [3.8, 4) is 23.8 Å². The molecule has 0 spiro atoms. The number of aliphatic imine (C=N–C) groups is 1. The van der Waals surface area contributed by atoms with Crippen LogP contribution in [-0.4, -0.2) is 37.0 Å². The molecule has 1 aromatic carbocycles. The smallest absolute Gasteiger partial charge is 0.347 e. The van der Waals surface area contributed by atoms with Crippen molar-refractivity contribution in [3.05, 3.63) is 23.8 Å². The van der Waals surface area contributed by atoms with Crippen LogP contribution in [0.15, 0.2) is 23.2 Å². The Balaban J connectivity index is 2.55. The Kier molecular flexibility index (Phi) is 4.03. The summed E-state index contributed by atoms with van der Waals surface area (Å²) in [6.07, 6.45) is 5.43. The number of terminal acetylenes is 1. The molecule has 0 aromatic heterocycles. The van der Waals surface area contributed by atoms with Crippen molar-refractivity contribution in [1.82, 2.24) is 4.90 Å². The fourth-order valence-corrected chi connectivity index (χ4v) is 2.31. The minimum atomic E-state index is -0.561. The Morgan fingerprint density at radius 2 is 2.14 bits per heavy atom. The molecule has 2 unspecified atom stereocenters. The van der Waals surface area contributed by atoms with Gasteiger partial charge >= 0.3 is 6.03 Å². The van der Waals surface area contributed by atoms with Gasteiger partial charge in [0.25, 0.3) is 0 Å². The number of hydrogen-bond acceptors (Lipinski definition) is 4. The molecule has 2 N–H and O–H groups in total. The molecular formula is C15H17N3O3. The summed E-state index contributed by atoms with van der Waals surface area (Å²) in [5.74, 6) is 3.93. The predicted molar refractivity (Wildman–Crippen MR) is 79.4 cm³/mol. The number of benzene rings is 1. The van der Waals surface area contributed by atoms with Crippen LogP contribution in [0, 0.1) is 12.3 Å². The van der Waals surface area contributed by atoms with Crippen LogP contribution in [0.2, 0.25) is 0 Å². The quantitative estimate of drug-likeness (QED) is 0.852. The van der Waals surface area contributed by atoms with Gasteiger partial charge in [0.05, 0.1) is 20.3 Å². The first-order valence-corrected chi connectivity index (χ1v) is 6.37. The summed E-state index contributed by atoms with van der Waals surface area (Å²) in [6, 6.07) is 3.83. The van der Waals surface area contributed by atoms with Crippen molar-refractivity contribution >= 4 is 11.9 Å². The highest BCUT2D eigenvalue weighted by Gasteiger charge is 2.38. The number of urea groups is 1. The van der Waals surface area contributed by atoms with E-state index in [9.17, 15) is 4.79 Å². The van der Waals surface area contributed by atoms with Gasteiger partial charge in [0.2, 0.25) is 0 Å². The molecule has 2 rings (SSSR count). The highest BCUT2D eigenvalue weighted by Crippen LogP contribution is 2.36. The maximum absolute atomic E-state index is 12.0. The van der Waals surface area contributed by atoms with Crippen LogP contribution in [0.1, 0.15) is 18.5 Å². The van der Waals surface area contributed by atoms with Gasteiger partial charge < -0.3 is 15.2 Å². The molecule has 0 bridgehead atoms. The van der Waals surface area contributed by atoms with Gasteiger partial charge in [-0.25, -0.2) is 4.79 Å². The molecule has 0 fully saturated rings. The molecule has 2 amide bonds. The van der Waals surface area contributed by atoms with E-state index >= 15 is 0 Å². The number of rotatable bonds is 4. The molecule has 6 heteroatoms. The van der Waals surface area contributed by atoms with Crippen LogP contribution in [0.4, 0.5) is 4.79 Å². The molecule has 2 atom stereocenters. The van der Waals surface area contributed by atoms with Crippen molar-refractivity contribution in [1.29, 1.82) is 0 Å². The number of nitrogens with zero attached hydrogens (tertiary/aromatic N) is 2. The Morgan fingerprint density at radius 3 is 2.71 bits per heavy atom. The molecule has 0 saturated heterocycles. The molecule has 0 saturated carbocycles. The van der Waals surface area contributed by atoms with Crippen molar-refractivity contribution in [2.45, 2.75) is 19.0 Å². The van der Waals surface area contributed by atoms with Crippen molar-refractivity contribution in [2.75, 3.05) is 14.2 Å². The largest absolute Gasteiger partial charge is 0.497 e. The zero-order chi connectivity index (χ0) is 15.6. The molecule has 1 aromatic rings. The second-order valence-corrected chi connectivity index (χ2v) is 4.58. The molecule has 21 heavy (non-hydrogen) atoms. The minimum absolute atomic E-state index is 0.189. The van der Waals surface area contributed by atoms with Gasteiger partial charge in [-0.05, 0) is 25.1 Å². The van der Waals surface area contributed by atoms with Gasteiger partial charge in [0, 0.05) is 5.56 Å². The van der Waals surface area contributed by atoms with E-state index in [0.717, 1.165) is 0 Å². The average molecular weight is 287 g/mol. The third kappa shape index (κ3) is 2.50. The van der Waals surface area contributed by atoms with E-state index in [1.807, 2.05) is 0 Å². The number of hydrogen-bond donors (Lipinski definition) is 1. The minimum Gasteiger partial charge on any atom is -0.497 e. The SMILES string of the molecule is C#CC(C)N1C(=O)N=C(N)C1c1cc(OC)ccc1OC. The normalized spacial score (nSPS) is 19.0. The van der Waals surface area contributed by atoms with Crippen LogP contribution in [0.25, 0.3) is 0 Å². The fourth-order valence-electron chi connectivity index (χ4n) is 2.31. The Morgan fingerprint density at radius 1 is 1.43 bits per heavy atom. The van der Waals surface area contributed by atoms with E-state index in [4.69, 9.17) is 21.6 Å². The first-order valence-electron chi connectivity index (χ1n) is 6.37. The Bertz CT molecular complexity index is 634. The number of carbonyl (C=O) groups is 1. The van der Waals surface area contributed by atoms with Crippen LogP contribution in [0.5, 0.6) is 11.5 Å². The van der Waals surface area contributed by atoms with E-state index in [2.05, 4.69) is 10.9 Å². The third-order valence-electron chi connectivity index (χ3n) is 3.39. The van der Waals surface area contributed by atoms with Gasteiger partial charge in [0.15, 0.2) is 0 Å². The van der Waals surface area contributed by atoms with Crippen LogP contribution >= 0.6 is 0 Å². The van der Waals surface area contributed by atoms with Crippen LogP contribution in [-0.2, 0) is 0 Å². The average Bonchev–Trinajstić information content (AvgIpc) is 2.79. The topological polar surface area (TPSA) is 77.2 Å².